The molecule has 1 aliphatic carbocycles. The molecule has 19 heavy (non-hydrogen) atoms. The van der Waals surface area contributed by atoms with Gasteiger partial charge >= 0.3 is 0 Å². The molecule has 3 rings (SSSR count). The van der Waals surface area contributed by atoms with Gasteiger partial charge in [0.05, 0.1) is 15.6 Å². The Morgan fingerprint density at radius 3 is 2.74 bits per heavy atom. The molecule has 0 spiro atoms. The summed E-state index contributed by atoms with van der Waals surface area (Å²) in [5.74, 6) is 2.03. The van der Waals surface area contributed by atoms with E-state index in [0.717, 1.165) is 42.6 Å². The number of nitrogens with zero attached hydrogens (tertiary/aromatic N) is 1. The molecule has 1 aromatic heterocycles. The molecular formula is C15H22N2OS. The third kappa shape index (κ3) is 2.50. The van der Waals surface area contributed by atoms with E-state index in [4.69, 9.17) is 5.73 Å². The van der Waals surface area contributed by atoms with Crippen LogP contribution in [0.5, 0.6) is 0 Å². The molecule has 1 unspecified atom stereocenters. The Morgan fingerprint density at radius 1 is 1.42 bits per heavy atom. The van der Waals surface area contributed by atoms with Crippen LogP contribution in [0.2, 0.25) is 0 Å². The summed E-state index contributed by atoms with van der Waals surface area (Å²) in [6.07, 6.45) is 3.34. The number of nitrogens with two attached hydrogens (primary N) is 1. The summed E-state index contributed by atoms with van der Waals surface area (Å²) in [6, 6.07) is 2.00. The van der Waals surface area contributed by atoms with Crippen LogP contribution in [0.1, 0.15) is 42.8 Å². The molecule has 1 aromatic rings. The first-order valence-corrected chi connectivity index (χ1v) is 8.06. The van der Waals surface area contributed by atoms with Crippen molar-refractivity contribution in [2.24, 2.45) is 17.8 Å². The molecule has 2 fully saturated rings. The van der Waals surface area contributed by atoms with Gasteiger partial charge in [0, 0.05) is 19.0 Å². The van der Waals surface area contributed by atoms with Gasteiger partial charge in [0.25, 0.3) is 0 Å². The first-order chi connectivity index (χ1) is 9.06. The fourth-order valence-electron chi connectivity index (χ4n) is 2.80. The molecule has 4 heteroatoms. The molecule has 3 nitrogen and oxygen atoms in total. The second kappa shape index (κ2) is 4.82. The highest BCUT2D eigenvalue weighted by molar-refractivity contribution is 7.18. The van der Waals surface area contributed by atoms with Crippen molar-refractivity contribution in [2.45, 2.75) is 33.1 Å². The van der Waals surface area contributed by atoms with E-state index in [2.05, 4.69) is 18.7 Å². The number of rotatable bonds is 4. The Hall–Kier alpha value is -1.03. The normalized spacial score (nSPS) is 23.3. The average molecular weight is 278 g/mol. The quantitative estimate of drug-likeness (QED) is 0.859. The van der Waals surface area contributed by atoms with E-state index in [1.54, 1.807) is 11.3 Å². The first kappa shape index (κ1) is 13.0. The van der Waals surface area contributed by atoms with Gasteiger partial charge in [0.1, 0.15) is 0 Å². The lowest BCUT2D eigenvalue weighted by molar-refractivity contribution is 0.0972. The van der Waals surface area contributed by atoms with Crippen LogP contribution in [-0.2, 0) is 0 Å². The molecule has 1 aliphatic heterocycles. The average Bonchev–Trinajstić information content (AvgIpc) is 2.96. The molecule has 1 saturated carbocycles. The maximum atomic E-state index is 12.1. The van der Waals surface area contributed by atoms with Crippen molar-refractivity contribution in [1.29, 1.82) is 0 Å². The van der Waals surface area contributed by atoms with Crippen molar-refractivity contribution in [2.75, 3.05) is 23.7 Å². The summed E-state index contributed by atoms with van der Waals surface area (Å²) in [5, 5.41) is 1.18. The highest BCUT2D eigenvalue weighted by atomic mass is 32.1. The number of carbonyl (C=O) groups excluding carboxylic acids is 1. The Bertz CT molecular complexity index is 490. The van der Waals surface area contributed by atoms with Crippen LogP contribution in [0, 0.1) is 17.8 Å². The largest absolute Gasteiger partial charge is 0.397 e. The Balaban J connectivity index is 1.75. The summed E-state index contributed by atoms with van der Waals surface area (Å²) in [7, 11) is 0. The minimum atomic E-state index is 0.260. The second-order valence-electron chi connectivity index (χ2n) is 6.25. The molecule has 0 amide bonds. The monoisotopic (exact) mass is 278 g/mol. The van der Waals surface area contributed by atoms with Crippen LogP contribution in [0.15, 0.2) is 6.07 Å². The van der Waals surface area contributed by atoms with Crippen LogP contribution in [0.4, 0.5) is 10.7 Å². The van der Waals surface area contributed by atoms with E-state index in [1.165, 1.54) is 11.4 Å². The van der Waals surface area contributed by atoms with E-state index in [9.17, 15) is 4.79 Å². The minimum absolute atomic E-state index is 0.260. The number of carbonyl (C=O) groups is 1. The number of ketones is 1. The first-order valence-electron chi connectivity index (χ1n) is 7.24. The Kier molecular flexibility index (Phi) is 3.29. The third-order valence-corrected chi connectivity index (χ3v) is 5.63. The van der Waals surface area contributed by atoms with Crippen molar-refractivity contribution in [3.8, 4) is 0 Å². The van der Waals surface area contributed by atoms with Crippen molar-refractivity contribution in [1.82, 2.24) is 0 Å². The van der Waals surface area contributed by atoms with Crippen LogP contribution in [0.25, 0.3) is 0 Å². The maximum Gasteiger partial charge on any atom is 0.178 e. The smallest absolute Gasteiger partial charge is 0.178 e. The predicted molar refractivity (Wildman–Crippen MR) is 80.9 cm³/mol. The number of thiophene rings is 1. The van der Waals surface area contributed by atoms with Crippen molar-refractivity contribution in [3.05, 3.63) is 10.9 Å². The van der Waals surface area contributed by atoms with Crippen LogP contribution >= 0.6 is 11.3 Å². The zero-order valence-electron chi connectivity index (χ0n) is 11.7. The van der Waals surface area contributed by atoms with Gasteiger partial charge < -0.3 is 10.6 Å². The fraction of sp³-hybridized carbons (Fsp3) is 0.667. The summed E-state index contributed by atoms with van der Waals surface area (Å²) >= 11 is 1.60. The molecule has 0 radical (unpaired) electrons. The molecule has 2 heterocycles. The number of hydrogen-bond donors (Lipinski definition) is 1. The van der Waals surface area contributed by atoms with Crippen LogP contribution in [-0.4, -0.2) is 18.9 Å². The van der Waals surface area contributed by atoms with Gasteiger partial charge in [0.2, 0.25) is 0 Å². The predicted octanol–water partition coefficient (Wildman–Crippen LogP) is 3.41. The molecule has 0 bridgehead atoms. The molecular weight excluding hydrogens is 256 g/mol. The van der Waals surface area contributed by atoms with Gasteiger partial charge in [-0.15, -0.1) is 11.3 Å². The van der Waals surface area contributed by atoms with Gasteiger partial charge in [-0.25, -0.2) is 0 Å². The molecule has 104 valence electrons. The number of hydrogen-bond acceptors (Lipinski definition) is 4. The Labute approximate surface area is 118 Å². The zero-order chi connectivity index (χ0) is 13.6. The van der Waals surface area contributed by atoms with Crippen LogP contribution < -0.4 is 10.6 Å². The van der Waals surface area contributed by atoms with Crippen molar-refractivity contribution >= 4 is 27.8 Å². The van der Waals surface area contributed by atoms with Gasteiger partial charge in [-0.3, -0.25) is 4.79 Å². The van der Waals surface area contributed by atoms with Gasteiger partial charge in [-0.05, 0) is 37.2 Å². The number of nitrogen functional groups attached to an aromatic ring is 1. The molecule has 2 N–H and O–H groups in total. The summed E-state index contributed by atoms with van der Waals surface area (Å²) in [4.78, 5) is 15.3. The van der Waals surface area contributed by atoms with Crippen molar-refractivity contribution in [3.63, 3.8) is 0 Å². The highest BCUT2D eigenvalue weighted by Gasteiger charge is 2.34. The zero-order valence-corrected chi connectivity index (χ0v) is 12.5. The van der Waals surface area contributed by atoms with E-state index in [-0.39, 0.29) is 11.7 Å². The summed E-state index contributed by atoms with van der Waals surface area (Å²) < 4.78 is 0. The minimum Gasteiger partial charge on any atom is -0.397 e. The number of Topliss-reactive ketones (excluding diaryl/α,β-unsaturated/α-hetero) is 1. The topological polar surface area (TPSA) is 46.3 Å². The van der Waals surface area contributed by atoms with E-state index >= 15 is 0 Å². The van der Waals surface area contributed by atoms with Crippen LogP contribution in [0.3, 0.4) is 0 Å². The Morgan fingerprint density at radius 2 is 2.16 bits per heavy atom. The summed E-state index contributed by atoms with van der Waals surface area (Å²) in [5.41, 5.74) is 6.72. The molecule has 1 saturated heterocycles. The van der Waals surface area contributed by atoms with Gasteiger partial charge in [-0.1, -0.05) is 13.8 Å². The lowest BCUT2D eigenvalue weighted by Gasteiger charge is -2.17. The van der Waals surface area contributed by atoms with Gasteiger partial charge in [-0.2, -0.15) is 0 Å². The van der Waals surface area contributed by atoms with E-state index in [1.807, 2.05) is 6.07 Å². The van der Waals surface area contributed by atoms with E-state index in [0.29, 0.717) is 5.69 Å². The maximum absolute atomic E-state index is 12.1. The van der Waals surface area contributed by atoms with Crippen molar-refractivity contribution < 1.29 is 4.79 Å². The standard InChI is InChI=1S/C15H22N2OS/c1-9(2)11-5-6-17(8-11)13-7-12(16)15(19-13)14(18)10-3-4-10/h7,9-11H,3-6,8,16H2,1-2H3. The van der Waals surface area contributed by atoms with E-state index < -0.39 is 0 Å². The lowest BCUT2D eigenvalue weighted by Crippen LogP contribution is -2.20. The summed E-state index contributed by atoms with van der Waals surface area (Å²) in [6.45, 7) is 6.78. The lowest BCUT2D eigenvalue weighted by atomic mass is 9.95. The molecule has 2 aliphatic rings. The third-order valence-electron chi connectivity index (χ3n) is 4.40. The molecule has 0 aromatic carbocycles. The fourth-order valence-corrected chi connectivity index (χ4v) is 3.94. The highest BCUT2D eigenvalue weighted by Crippen LogP contribution is 2.41. The number of anilines is 2. The molecule has 1 atom stereocenters. The second-order valence-corrected chi connectivity index (χ2v) is 7.28. The SMILES string of the molecule is CC(C)C1CCN(c2cc(N)c(C(=O)C3CC3)s2)C1. The van der Waals surface area contributed by atoms with Gasteiger partial charge in [0.15, 0.2) is 5.78 Å².